The zero-order valence-corrected chi connectivity index (χ0v) is 16.3. The van der Waals surface area contributed by atoms with E-state index in [1.807, 2.05) is 12.1 Å². The van der Waals surface area contributed by atoms with Crippen LogP contribution in [0.5, 0.6) is 17.2 Å². The lowest BCUT2D eigenvalue weighted by Crippen LogP contribution is -2.53. The van der Waals surface area contributed by atoms with Gasteiger partial charge in [-0.25, -0.2) is 0 Å². The van der Waals surface area contributed by atoms with Crippen LogP contribution in [0, 0.1) is 0 Å². The average Bonchev–Trinajstić information content (AvgIpc) is 2.96. The lowest BCUT2D eigenvalue weighted by Gasteiger charge is -2.38. The maximum atomic E-state index is 12.3. The van der Waals surface area contributed by atoms with E-state index in [4.69, 9.17) is 18.9 Å². The predicted molar refractivity (Wildman–Crippen MR) is 102 cm³/mol. The molecule has 0 unspecified atom stereocenters. The maximum Gasteiger partial charge on any atom is 0.217 e. The van der Waals surface area contributed by atoms with Crippen LogP contribution in [0.4, 0.5) is 0 Å². The van der Waals surface area contributed by atoms with Crippen molar-refractivity contribution in [1.82, 2.24) is 5.32 Å². The SMILES string of the molecule is COc1cc2c(c(OC)c1OC)C1=C[C@@H]3O[C@@]1(C=CC3=O)[C@@H](NC(C)=O)CC2. The minimum absolute atomic E-state index is 0.117. The molecule has 3 atom stereocenters. The Morgan fingerprint density at radius 3 is 2.61 bits per heavy atom. The second-order valence-electron chi connectivity index (χ2n) is 7.12. The quantitative estimate of drug-likeness (QED) is 0.851. The van der Waals surface area contributed by atoms with Crippen molar-refractivity contribution in [3.8, 4) is 17.2 Å². The molecule has 0 aromatic heterocycles. The lowest BCUT2D eigenvalue weighted by molar-refractivity contribution is -0.130. The summed E-state index contributed by atoms with van der Waals surface area (Å²) < 4.78 is 23.0. The highest BCUT2D eigenvalue weighted by Crippen LogP contribution is 2.54. The third-order valence-electron chi connectivity index (χ3n) is 5.62. The molecular formula is C21H23NO6. The molecule has 1 aromatic rings. The van der Waals surface area contributed by atoms with E-state index < -0.39 is 11.7 Å². The number of aryl methyl sites for hydroxylation is 1. The highest BCUT2D eigenvalue weighted by Gasteiger charge is 2.53. The molecule has 28 heavy (non-hydrogen) atoms. The summed E-state index contributed by atoms with van der Waals surface area (Å²) in [6.07, 6.45) is 5.76. The summed E-state index contributed by atoms with van der Waals surface area (Å²) in [7, 11) is 4.71. The van der Waals surface area contributed by atoms with Gasteiger partial charge in [-0.05, 0) is 42.7 Å². The maximum absolute atomic E-state index is 12.3. The van der Waals surface area contributed by atoms with E-state index in [9.17, 15) is 9.59 Å². The van der Waals surface area contributed by atoms with E-state index >= 15 is 0 Å². The highest BCUT2D eigenvalue weighted by molar-refractivity contribution is 6.02. The van der Waals surface area contributed by atoms with Crippen LogP contribution >= 0.6 is 0 Å². The van der Waals surface area contributed by atoms with Crippen molar-refractivity contribution < 1.29 is 28.5 Å². The summed E-state index contributed by atoms with van der Waals surface area (Å²) in [5.74, 6) is 1.31. The van der Waals surface area contributed by atoms with Gasteiger partial charge in [0.15, 0.2) is 17.3 Å². The van der Waals surface area contributed by atoms with Crippen molar-refractivity contribution in [1.29, 1.82) is 0 Å². The van der Waals surface area contributed by atoms with Crippen molar-refractivity contribution in [3.05, 3.63) is 35.4 Å². The van der Waals surface area contributed by atoms with Gasteiger partial charge in [0.25, 0.3) is 0 Å². The number of benzene rings is 1. The monoisotopic (exact) mass is 385 g/mol. The number of methoxy groups -OCH3 is 3. The van der Waals surface area contributed by atoms with Crippen molar-refractivity contribution in [3.63, 3.8) is 0 Å². The Labute approximate surface area is 163 Å². The predicted octanol–water partition coefficient (Wildman–Crippen LogP) is 1.82. The zero-order valence-electron chi connectivity index (χ0n) is 16.3. The molecule has 1 aliphatic carbocycles. The van der Waals surface area contributed by atoms with E-state index in [-0.39, 0.29) is 17.7 Å². The van der Waals surface area contributed by atoms with Crippen LogP contribution in [-0.2, 0) is 20.7 Å². The van der Waals surface area contributed by atoms with Crippen LogP contribution in [0.25, 0.3) is 5.57 Å². The molecule has 2 aliphatic heterocycles. The molecule has 1 N–H and O–H groups in total. The number of ether oxygens (including phenoxy) is 4. The first-order valence-electron chi connectivity index (χ1n) is 9.17. The molecule has 2 heterocycles. The van der Waals surface area contributed by atoms with Crippen molar-refractivity contribution >= 4 is 17.3 Å². The summed E-state index contributed by atoms with van der Waals surface area (Å²) in [6.45, 7) is 1.48. The number of carbonyl (C=O) groups is 2. The number of carbonyl (C=O) groups excluding carboxylic acids is 2. The molecule has 7 heteroatoms. The van der Waals surface area contributed by atoms with Gasteiger partial charge in [0.2, 0.25) is 11.7 Å². The van der Waals surface area contributed by atoms with Gasteiger partial charge in [-0.1, -0.05) is 0 Å². The first-order valence-corrected chi connectivity index (χ1v) is 9.17. The van der Waals surface area contributed by atoms with E-state index in [2.05, 4.69) is 5.32 Å². The fourth-order valence-electron chi connectivity index (χ4n) is 4.46. The first-order chi connectivity index (χ1) is 13.4. The molecule has 2 bridgehead atoms. The van der Waals surface area contributed by atoms with Crippen molar-refractivity contribution in [2.24, 2.45) is 0 Å². The summed E-state index contributed by atoms with van der Waals surface area (Å²) in [6, 6.07) is 1.61. The molecule has 0 saturated heterocycles. The number of hydrogen-bond acceptors (Lipinski definition) is 6. The van der Waals surface area contributed by atoms with Crippen LogP contribution in [0.3, 0.4) is 0 Å². The van der Waals surface area contributed by atoms with Crippen LogP contribution in [-0.4, -0.2) is 50.8 Å². The molecule has 1 amide bonds. The molecule has 0 saturated carbocycles. The van der Waals surface area contributed by atoms with Gasteiger partial charge in [-0.15, -0.1) is 0 Å². The Morgan fingerprint density at radius 1 is 1.21 bits per heavy atom. The van der Waals surface area contributed by atoms with Gasteiger partial charge in [0.05, 0.1) is 27.4 Å². The number of rotatable bonds is 4. The van der Waals surface area contributed by atoms with Crippen LogP contribution in [0.1, 0.15) is 24.5 Å². The van der Waals surface area contributed by atoms with Gasteiger partial charge in [0.1, 0.15) is 11.7 Å². The van der Waals surface area contributed by atoms with E-state index in [1.165, 1.54) is 6.92 Å². The highest BCUT2D eigenvalue weighted by atomic mass is 16.5. The molecule has 0 fully saturated rings. The molecule has 148 valence electrons. The van der Waals surface area contributed by atoms with E-state index in [0.717, 1.165) is 16.7 Å². The summed E-state index contributed by atoms with van der Waals surface area (Å²) in [4.78, 5) is 24.2. The van der Waals surface area contributed by atoms with Crippen LogP contribution in [0.2, 0.25) is 0 Å². The summed E-state index contributed by atoms with van der Waals surface area (Å²) >= 11 is 0. The van der Waals surface area contributed by atoms with Crippen LogP contribution in [0.15, 0.2) is 24.3 Å². The van der Waals surface area contributed by atoms with Gasteiger partial charge in [-0.3, -0.25) is 9.59 Å². The smallest absolute Gasteiger partial charge is 0.217 e. The second-order valence-corrected chi connectivity index (χ2v) is 7.12. The summed E-state index contributed by atoms with van der Waals surface area (Å²) in [5, 5.41) is 3.01. The molecular weight excluding hydrogens is 362 g/mol. The minimum atomic E-state index is -0.928. The number of ketones is 1. The Morgan fingerprint density at radius 2 is 1.96 bits per heavy atom. The third-order valence-corrected chi connectivity index (χ3v) is 5.62. The van der Waals surface area contributed by atoms with Gasteiger partial charge in [-0.2, -0.15) is 0 Å². The number of amides is 1. The van der Waals surface area contributed by atoms with Gasteiger partial charge < -0.3 is 24.3 Å². The van der Waals surface area contributed by atoms with Crippen molar-refractivity contribution in [2.75, 3.05) is 21.3 Å². The average molecular weight is 385 g/mol. The molecule has 4 rings (SSSR count). The fourth-order valence-corrected chi connectivity index (χ4v) is 4.46. The number of nitrogens with one attached hydrogen (secondary N) is 1. The molecule has 0 radical (unpaired) electrons. The Bertz CT molecular complexity index is 918. The van der Waals surface area contributed by atoms with E-state index in [1.54, 1.807) is 33.5 Å². The Kier molecular flexibility index (Phi) is 4.42. The Balaban J connectivity index is 1.99. The minimum Gasteiger partial charge on any atom is -0.493 e. The standard InChI is InChI=1S/C21H23NO6/c1-11(23)22-17-6-5-12-9-16(25-2)19(26-3)20(27-4)18(12)13-10-15-14(24)7-8-21(13,17)28-15/h7-10,15,17H,5-6H2,1-4H3,(H,22,23)/t15-,17-,21+/m0/s1. The molecule has 1 spiro atoms. The fraction of sp³-hybridized carbons (Fsp3) is 0.429. The molecule has 7 nitrogen and oxygen atoms in total. The largest absolute Gasteiger partial charge is 0.493 e. The topological polar surface area (TPSA) is 83.1 Å². The number of fused-ring (bicyclic) bond motifs is 3. The van der Waals surface area contributed by atoms with Gasteiger partial charge >= 0.3 is 0 Å². The Hall–Kier alpha value is -2.80. The number of hydrogen-bond donors (Lipinski definition) is 1. The molecule has 3 aliphatic rings. The van der Waals surface area contributed by atoms with Crippen LogP contribution < -0.4 is 19.5 Å². The third kappa shape index (κ3) is 2.53. The zero-order chi connectivity index (χ0) is 20.1. The molecule has 1 aromatic carbocycles. The second kappa shape index (κ2) is 6.67. The van der Waals surface area contributed by atoms with E-state index in [0.29, 0.717) is 30.1 Å². The van der Waals surface area contributed by atoms with Gasteiger partial charge in [0, 0.05) is 18.1 Å². The summed E-state index contributed by atoms with van der Waals surface area (Å²) in [5.41, 5.74) is 1.70. The lowest BCUT2D eigenvalue weighted by atomic mass is 9.82. The van der Waals surface area contributed by atoms with Crippen molar-refractivity contribution in [2.45, 2.75) is 37.5 Å². The first kappa shape index (κ1) is 18.6. The normalized spacial score (nSPS) is 27.3.